The summed E-state index contributed by atoms with van der Waals surface area (Å²) in [6.45, 7) is 5.54. The maximum atomic E-state index is 10.8. The average Bonchev–Trinajstić information content (AvgIpc) is 2.27. The predicted octanol–water partition coefficient (Wildman–Crippen LogP) is 2.22. The molecule has 1 fully saturated rings. The molecule has 0 aromatic heterocycles. The number of likely N-dealkylation sites (tertiary alicyclic amines) is 1. The minimum Gasteiger partial charge on any atom is -0.465 e. The number of hydrogen-bond donors (Lipinski definition) is 1. The van der Waals surface area contributed by atoms with Crippen molar-refractivity contribution in [1.29, 1.82) is 0 Å². The van der Waals surface area contributed by atoms with Gasteiger partial charge in [-0.3, -0.25) is 4.90 Å². The van der Waals surface area contributed by atoms with Gasteiger partial charge in [0.2, 0.25) is 0 Å². The van der Waals surface area contributed by atoms with Crippen LogP contribution in [0.1, 0.15) is 19.4 Å². The average molecular weight is 248 g/mol. The molecule has 1 N–H and O–H groups in total. The molecule has 4 heteroatoms. The van der Waals surface area contributed by atoms with Crippen LogP contribution in [0, 0.1) is 0 Å². The highest BCUT2D eigenvalue weighted by atomic mass is 16.4. The van der Waals surface area contributed by atoms with Crippen LogP contribution in [0.3, 0.4) is 0 Å². The smallest absolute Gasteiger partial charge is 0.407 e. The second-order valence-electron chi connectivity index (χ2n) is 5.38. The molecule has 0 aliphatic carbocycles. The van der Waals surface area contributed by atoms with Crippen LogP contribution in [0.4, 0.5) is 4.79 Å². The van der Waals surface area contributed by atoms with Crippen molar-refractivity contribution >= 4 is 6.09 Å². The van der Waals surface area contributed by atoms with Crippen LogP contribution in [-0.4, -0.2) is 47.2 Å². The third-order valence-electron chi connectivity index (χ3n) is 4.04. The summed E-state index contributed by atoms with van der Waals surface area (Å²) in [7, 11) is 2.07. The lowest BCUT2D eigenvalue weighted by atomic mass is 9.90. The molecule has 1 aromatic rings. The fourth-order valence-electron chi connectivity index (χ4n) is 2.36. The van der Waals surface area contributed by atoms with Crippen molar-refractivity contribution in [3.8, 4) is 0 Å². The monoisotopic (exact) mass is 248 g/mol. The van der Waals surface area contributed by atoms with Crippen LogP contribution in [0.2, 0.25) is 0 Å². The Bertz CT molecular complexity index is 425. The Balaban J connectivity index is 2.05. The van der Waals surface area contributed by atoms with E-state index in [1.807, 2.05) is 18.2 Å². The van der Waals surface area contributed by atoms with Crippen molar-refractivity contribution in [3.05, 3.63) is 35.9 Å². The molecule has 98 valence electrons. The van der Waals surface area contributed by atoms with E-state index in [-0.39, 0.29) is 5.54 Å². The first kappa shape index (κ1) is 12.9. The van der Waals surface area contributed by atoms with Crippen LogP contribution in [0.25, 0.3) is 0 Å². The van der Waals surface area contributed by atoms with Gasteiger partial charge >= 0.3 is 6.09 Å². The Hall–Kier alpha value is -1.55. The summed E-state index contributed by atoms with van der Waals surface area (Å²) in [5.41, 5.74) is 1.16. The van der Waals surface area contributed by atoms with Crippen LogP contribution in [0.5, 0.6) is 0 Å². The standard InChI is InChI=1S/C14H20N2O2/c1-14(2,11-7-5-4-6-8-11)15(3)12-9-16(10-12)13(17)18/h4-8,12H,9-10H2,1-3H3,(H,17,18). The summed E-state index contributed by atoms with van der Waals surface area (Å²) in [6.07, 6.45) is -0.822. The molecule has 0 atom stereocenters. The zero-order valence-electron chi connectivity index (χ0n) is 11.1. The van der Waals surface area contributed by atoms with E-state index < -0.39 is 6.09 Å². The second kappa shape index (κ2) is 4.61. The lowest BCUT2D eigenvalue weighted by molar-refractivity contribution is 0.000536. The summed E-state index contributed by atoms with van der Waals surface area (Å²) < 4.78 is 0. The Kier molecular flexibility index (Phi) is 3.30. The molecule has 1 aromatic carbocycles. The van der Waals surface area contributed by atoms with E-state index in [2.05, 4.69) is 37.9 Å². The fraction of sp³-hybridized carbons (Fsp3) is 0.500. The largest absolute Gasteiger partial charge is 0.465 e. The van der Waals surface area contributed by atoms with Gasteiger partial charge in [0.25, 0.3) is 0 Å². The SMILES string of the molecule is CN(C1CN(C(=O)O)C1)C(C)(C)c1ccccc1. The van der Waals surface area contributed by atoms with E-state index in [9.17, 15) is 4.79 Å². The van der Waals surface area contributed by atoms with E-state index in [4.69, 9.17) is 5.11 Å². The first-order valence-corrected chi connectivity index (χ1v) is 6.19. The Morgan fingerprint density at radius 2 is 1.89 bits per heavy atom. The van der Waals surface area contributed by atoms with Gasteiger partial charge in [-0.25, -0.2) is 4.79 Å². The minimum atomic E-state index is -0.822. The highest BCUT2D eigenvalue weighted by molar-refractivity contribution is 5.66. The first-order valence-electron chi connectivity index (χ1n) is 6.19. The molecule has 1 amide bonds. The predicted molar refractivity (Wildman–Crippen MR) is 70.6 cm³/mol. The Morgan fingerprint density at radius 1 is 1.33 bits per heavy atom. The summed E-state index contributed by atoms with van der Waals surface area (Å²) in [5, 5.41) is 8.86. The number of nitrogens with zero attached hydrogens (tertiary/aromatic N) is 2. The van der Waals surface area contributed by atoms with Crippen molar-refractivity contribution < 1.29 is 9.90 Å². The van der Waals surface area contributed by atoms with Crippen LogP contribution < -0.4 is 0 Å². The summed E-state index contributed by atoms with van der Waals surface area (Å²) >= 11 is 0. The highest BCUT2D eigenvalue weighted by Gasteiger charge is 2.39. The number of amides is 1. The van der Waals surface area contributed by atoms with Gasteiger partial charge in [-0.1, -0.05) is 30.3 Å². The lowest BCUT2D eigenvalue weighted by Crippen LogP contribution is -2.63. The first-order chi connectivity index (χ1) is 8.43. The van der Waals surface area contributed by atoms with Gasteiger partial charge in [-0.05, 0) is 26.5 Å². The normalized spacial score (nSPS) is 16.8. The molecule has 2 rings (SSSR count). The fourth-order valence-corrected chi connectivity index (χ4v) is 2.36. The van der Waals surface area contributed by atoms with E-state index in [0.717, 1.165) is 0 Å². The molecular formula is C14H20N2O2. The summed E-state index contributed by atoms with van der Waals surface area (Å²) in [4.78, 5) is 14.5. The molecule has 1 saturated heterocycles. The molecule has 0 bridgehead atoms. The van der Waals surface area contributed by atoms with Crippen molar-refractivity contribution in [2.24, 2.45) is 0 Å². The van der Waals surface area contributed by atoms with Crippen molar-refractivity contribution in [2.75, 3.05) is 20.1 Å². The van der Waals surface area contributed by atoms with Gasteiger partial charge in [-0.15, -0.1) is 0 Å². The topological polar surface area (TPSA) is 43.8 Å². The van der Waals surface area contributed by atoms with Crippen LogP contribution in [0.15, 0.2) is 30.3 Å². The quantitative estimate of drug-likeness (QED) is 0.892. The third kappa shape index (κ3) is 2.20. The molecule has 1 aliphatic rings. The van der Waals surface area contributed by atoms with Gasteiger partial charge in [0, 0.05) is 24.7 Å². The van der Waals surface area contributed by atoms with Gasteiger partial charge in [0.15, 0.2) is 0 Å². The molecular weight excluding hydrogens is 228 g/mol. The van der Waals surface area contributed by atoms with E-state index >= 15 is 0 Å². The number of rotatable bonds is 3. The lowest BCUT2D eigenvalue weighted by Gasteiger charge is -2.49. The van der Waals surface area contributed by atoms with E-state index in [0.29, 0.717) is 19.1 Å². The van der Waals surface area contributed by atoms with Crippen LogP contribution in [-0.2, 0) is 5.54 Å². The molecule has 1 heterocycles. The number of carboxylic acid groups (broad SMARTS) is 1. The Labute approximate surface area is 108 Å². The van der Waals surface area contributed by atoms with Crippen LogP contribution >= 0.6 is 0 Å². The number of benzene rings is 1. The molecule has 4 nitrogen and oxygen atoms in total. The highest BCUT2D eigenvalue weighted by Crippen LogP contribution is 2.30. The number of carbonyl (C=O) groups is 1. The third-order valence-corrected chi connectivity index (χ3v) is 4.04. The van der Waals surface area contributed by atoms with Gasteiger partial charge in [0.05, 0.1) is 0 Å². The number of likely N-dealkylation sites (N-methyl/N-ethyl adjacent to an activating group) is 1. The molecule has 1 aliphatic heterocycles. The number of hydrogen-bond acceptors (Lipinski definition) is 2. The zero-order valence-corrected chi connectivity index (χ0v) is 11.1. The second-order valence-corrected chi connectivity index (χ2v) is 5.38. The minimum absolute atomic E-state index is 0.0868. The molecule has 18 heavy (non-hydrogen) atoms. The van der Waals surface area contributed by atoms with Gasteiger partial charge < -0.3 is 10.0 Å². The molecule has 0 unspecified atom stereocenters. The molecule has 0 saturated carbocycles. The van der Waals surface area contributed by atoms with Gasteiger partial charge in [-0.2, -0.15) is 0 Å². The Morgan fingerprint density at radius 3 is 2.39 bits per heavy atom. The van der Waals surface area contributed by atoms with E-state index in [1.165, 1.54) is 10.5 Å². The molecule has 0 spiro atoms. The van der Waals surface area contributed by atoms with Gasteiger partial charge in [0.1, 0.15) is 0 Å². The van der Waals surface area contributed by atoms with E-state index in [1.54, 1.807) is 0 Å². The maximum absolute atomic E-state index is 10.8. The summed E-state index contributed by atoms with van der Waals surface area (Å²) in [6, 6.07) is 10.6. The maximum Gasteiger partial charge on any atom is 0.407 e. The zero-order chi connectivity index (χ0) is 13.3. The van der Waals surface area contributed by atoms with Crippen molar-refractivity contribution in [1.82, 2.24) is 9.80 Å². The molecule has 0 radical (unpaired) electrons. The summed E-state index contributed by atoms with van der Waals surface area (Å²) in [5.74, 6) is 0. The van der Waals surface area contributed by atoms with Crippen molar-refractivity contribution in [3.63, 3.8) is 0 Å². The van der Waals surface area contributed by atoms with Crippen molar-refractivity contribution in [2.45, 2.75) is 25.4 Å².